The lowest BCUT2D eigenvalue weighted by Crippen LogP contribution is -2.50. The van der Waals surface area contributed by atoms with E-state index in [1.165, 1.54) is 49.2 Å². The molecule has 0 saturated carbocycles. The van der Waals surface area contributed by atoms with Gasteiger partial charge in [-0.1, -0.05) is 52.3 Å². The highest BCUT2D eigenvalue weighted by atomic mass is 79.9. The Morgan fingerprint density at radius 3 is 2.17 bits per heavy atom. The fourth-order valence-electron chi connectivity index (χ4n) is 3.46. The van der Waals surface area contributed by atoms with Crippen molar-refractivity contribution in [1.29, 1.82) is 0 Å². The van der Waals surface area contributed by atoms with Crippen LogP contribution in [0.5, 0.6) is 0 Å². The molecule has 0 fully saturated rings. The summed E-state index contributed by atoms with van der Waals surface area (Å²) in [5.74, 6) is -1.65. The Morgan fingerprint density at radius 1 is 0.971 bits per heavy atom. The van der Waals surface area contributed by atoms with Crippen LogP contribution in [0.1, 0.15) is 12.5 Å². The second-order valence-electron chi connectivity index (χ2n) is 7.70. The van der Waals surface area contributed by atoms with Gasteiger partial charge in [-0.05, 0) is 49.4 Å². The summed E-state index contributed by atoms with van der Waals surface area (Å²) in [5, 5.41) is 2.48. The third kappa shape index (κ3) is 6.26. The van der Waals surface area contributed by atoms with Crippen LogP contribution in [0.15, 0.2) is 88.2 Å². The normalized spacial score (nSPS) is 12.0. The van der Waals surface area contributed by atoms with E-state index in [4.69, 9.17) is 0 Å². The maximum Gasteiger partial charge on any atom is 0.264 e. The molecule has 0 saturated heterocycles. The Kier molecular flexibility index (Phi) is 8.63. The van der Waals surface area contributed by atoms with Crippen LogP contribution in [-0.4, -0.2) is 44.8 Å². The van der Waals surface area contributed by atoms with E-state index in [0.717, 1.165) is 8.78 Å². The largest absolute Gasteiger partial charge is 0.357 e. The zero-order chi connectivity index (χ0) is 25.6. The zero-order valence-electron chi connectivity index (χ0n) is 19.2. The third-order valence-electron chi connectivity index (χ3n) is 5.44. The van der Waals surface area contributed by atoms with Crippen LogP contribution in [0.3, 0.4) is 0 Å². The van der Waals surface area contributed by atoms with Gasteiger partial charge in [0, 0.05) is 23.6 Å². The first-order chi connectivity index (χ1) is 16.6. The molecule has 0 spiro atoms. The summed E-state index contributed by atoms with van der Waals surface area (Å²) in [6, 6.07) is 19.2. The Balaban J connectivity index is 2.02. The molecule has 0 aliphatic carbocycles. The van der Waals surface area contributed by atoms with Crippen molar-refractivity contribution in [2.75, 3.05) is 17.9 Å². The average molecular weight is 562 g/mol. The molecular formula is C25H25BrFN3O4S. The van der Waals surface area contributed by atoms with Crippen molar-refractivity contribution < 1.29 is 22.4 Å². The molecule has 184 valence electrons. The molecule has 7 nitrogen and oxygen atoms in total. The van der Waals surface area contributed by atoms with E-state index in [2.05, 4.69) is 21.2 Å². The number of nitrogens with zero attached hydrogens (tertiary/aromatic N) is 2. The van der Waals surface area contributed by atoms with Gasteiger partial charge in [-0.3, -0.25) is 13.9 Å². The van der Waals surface area contributed by atoms with E-state index in [1.54, 1.807) is 48.5 Å². The van der Waals surface area contributed by atoms with E-state index in [1.807, 2.05) is 0 Å². The van der Waals surface area contributed by atoms with E-state index in [0.29, 0.717) is 0 Å². The molecule has 0 radical (unpaired) electrons. The van der Waals surface area contributed by atoms with Crippen LogP contribution in [-0.2, 0) is 26.2 Å². The number of benzene rings is 3. The number of hydrogen-bond donors (Lipinski definition) is 1. The number of carbonyl (C=O) groups is 2. The molecule has 0 aliphatic heterocycles. The van der Waals surface area contributed by atoms with Gasteiger partial charge in [0.2, 0.25) is 11.8 Å². The van der Waals surface area contributed by atoms with Crippen molar-refractivity contribution in [3.63, 3.8) is 0 Å². The molecule has 3 rings (SSSR count). The van der Waals surface area contributed by atoms with Crippen LogP contribution in [0, 0.1) is 5.82 Å². The highest BCUT2D eigenvalue weighted by Crippen LogP contribution is 2.26. The predicted molar refractivity (Wildman–Crippen MR) is 136 cm³/mol. The van der Waals surface area contributed by atoms with Gasteiger partial charge in [0.25, 0.3) is 10.0 Å². The number of halogens is 2. The van der Waals surface area contributed by atoms with Crippen LogP contribution >= 0.6 is 15.9 Å². The summed E-state index contributed by atoms with van der Waals surface area (Å²) in [6.45, 7) is 0.710. The number of likely N-dealkylation sites (N-methyl/N-ethyl adjacent to an activating group) is 1. The number of hydrogen-bond acceptors (Lipinski definition) is 4. The molecule has 0 aliphatic rings. The van der Waals surface area contributed by atoms with Crippen molar-refractivity contribution in [3.05, 3.63) is 94.7 Å². The molecule has 0 bridgehead atoms. The van der Waals surface area contributed by atoms with Gasteiger partial charge in [-0.25, -0.2) is 12.8 Å². The number of carbonyl (C=O) groups excluding carboxylic acids is 2. The Bertz CT molecular complexity index is 1290. The molecule has 3 aromatic carbocycles. The van der Waals surface area contributed by atoms with Crippen molar-refractivity contribution in [2.45, 2.75) is 24.4 Å². The first-order valence-electron chi connectivity index (χ1n) is 10.7. The van der Waals surface area contributed by atoms with E-state index in [-0.39, 0.29) is 22.7 Å². The Morgan fingerprint density at radius 2 is 1.57 bits per heavy atom. The van der Waals surface area contributed by atoms with E-state index >= 15 is 0 Å². The second kappa shape index (κ2) is 11.5. The van der Waals surface area contributed by atoms with Crippen LogP contribution in [0.4, 0.5) is 10.1 Å². The first-order valence-corrected chi connectivity index (χ1v) is 13.0. The van der Waals surface area contributed by atoms with Gasteiger partial charge in [-0.2, -0.15) is 0 Å². The molecule has 1 atom stereocenters. The van der Waals surface area contributed by atoms with Gasteiger partial charge in [0.05, 0.1) is 10.6 Å². The number of anilines is 1. The van der Waals surface area contributed by atoms with Gasteiger partial charge >= 0.3 is 0 Å². The number of sulfonamides is 1. The molecular weight excluding hydrogens is 537 g/mol. The summed E-state index contributed by atoms with van der Waals surface area (Å²) in [7, 11) is -2.70. The monoisotopic (exact) mass is 561 g/mol. The van der Waals surface area contributed by atoms with Crippen LogP contribution < -0.4 is 9.62 Å². The molecule has 2 amide bonds. The molecule has 1 unspecified atom stereocenters. The zero-order valence-corrected chi connectivity index (χ0v) is 21.6. The minimum Gasteiger partial charge on any atom is -0.357 e. The number of amides is 2. The quantitative estimate of drug-likeness (QED) is 0.428. The first kappa shape index (κ1) is 26.4. The molecule has 0 heterocycles. The average Bonchev–Trinajstić information content (AvgIpc) is 2.86. The van der Waals surface area contributed by atoms with Gasteiger partial charge < -0.3 is 10.2 Å². The summed E-state index contributed by atoms with van der Waals surface area (Å²) in [5.41, 5.74) is 0.474. The number of nitrogens with one attached hydrogen (secondary N) is 1. The molecule has 1 N–H and O–H groups in total. The third-order valence-corrected chi connectivity index (χ3v) is 7.75. The highest BCUT2D eigenvalue weighted by Gasteiger charge is 2.32. The maximum absolute atomic E-state index is 14.4. The number of rotatable bonds is 9. The molecule has 0 aromatic heterocycles. The van der Waals surface area contributed by atoms with E-state index in [9.17, 15) is 22.4 Å². The predicted octanol–water partition coefficient (Wildman–Crippen LogP) is 3.95. The van der Waals surface area contributed by atoms with Gasteiger partial charge in [0.1, 0.15) is 18.4 Å². The minimum atomic E-state index is -4.13. The minimum absolute atomic E-state index is 0.00993. The topological polar surface area (TPSA) is 86.8 Å². The highest BCUT2D eigenvalue weighted by molar-refractivity contribution is 9.10. The summed E-state index contributed by atoms with van der Waals surface area (Å²) in [4.78, 5) is 27.1. The molecule has 10 heteroatoms. The molecule has 35 heavy (non-hydrogen) atoms. The van der Waals surface area contributed by atoms with Crippen LogP contribution in [0.2, 0.25) is 0 Å². The van der Waals surface area contributed by atoms with E-state index < -0.39 is 40.2 Å². The smallest absolute Gasteiger partial charge is 0.264 e. The maximum atomic E-state index is 14.4. The Hall–Kier alpha value is -3.24. The standard InChI is InChI=1S/C25H25BrFN3O4S/c1-18(25(32)28-2)29(16-19-8-6-7-11-23(19)27)24(31)17-30(21-14-12-20(26)13-15-21)35(33,34)22-9-4-3-5-10-22/h3-15,18H,16-17H2,1-2H3,(H,28,32). The molecule has 3 aromatic rings. The SMILES string of the molecule is CNC(=O)C(C)N(Cc1ccccc1F)C(=O)CN(c1ccc(Br)cc1)S(=O)(=O)c1ccccc1. The fraction of sp³-hybridized carbons (Fsp3) is 0.200. The summed E-state index contributed by atoms with van der Waals surface area (Å²) < 4.78 is 43.2. The van der Waals surface area contributed by atoms with Crippen LogP contribution in [0.25, 0.3) is 0 Å². The lowest BCUT2D eigenvalue weighted by Gasteiger charge is -2.31. The van der Waals surface area contributed by atoms with Gasteiger partial charge in [-0.15, -0.1) is 0 Å². The lowest BCUT2D eigenvalue weighted by molar-refractivity contribution is -0.139. The fourth-order valence-corrected chi connectivity index (χ4v) is 5.16. The second-order valence-corrected chi connectivity index (χ2v) is 10.5. The van der Waals surface area contributed by atoms with Crippen molar-refractivity contribution in [3.8, 4) is 0 Å². The van der Waals surface area contributed by atoms with Crippen molar-refractivity contribution >= 4 is 43.5 Å². The van der Waals surface area contributed by atoms with Crippen molar-refractivity contribution in [1.82, 2.24) is 10.2 Å². The Labute approximate surface area is 212 Å². The summed E-state index contributed by atoms with van der Waals surface area (Å²) >= 11 is 3.33. The van der Waals surface area contributed by atoms with Gasteiger partial charge in [0.15, 0.2) is 0 Å². The lowest BCUT2D eigenvalue weighted by atomic mass is 10.1. The van der Waals surface area contributed by atoms with Crippen molar-refractivity contribution in [2.24, 2.45) is 0 Å². The summed E-state index contributed by atoms with van der Waals surface area (Å²) in [6.07, 6.45) is 0.